The van der Waals surface area contributed by atoms with Gasteiger partial charge in [0.05, 0.1) is 24.4 Å². The number of nitrogens with zero attached hydrogens (tertiary/aromatic N) is 3. The maximum absolute atomic E-state index is 12.1. The summed E-state index contributed by atoms with van der Waals surface area (Å²) in [6.45, 7) is 4.31. The fourth-order valence-electron chi connectivity index (χ4n) is 3.17. The lowest BCUT2D eigenvalue weighted by Crippen LogP contribution is -2.36. The standard InChI is InChI=1S/C18H22N4O2S/c1-4-24-15(23)11-22-17(14-9-8-12(2)21(14)3)16(20-18(22)25)13-7-5-6-10-19-13/h5-10,16-17H,4,11H2,1-3H3,(H,20,25). The van der Waals surface area contributed by atoms with E-state index in [1.54, 1.807) is 13.1 Å². The quantitative estimate of drug-likeness (QED) is 0.654. The van der Waals surface area contributed by atoms with Gasteiger partial charge in [-0.3, -0.25) is 9.78 Å². The van der Waals surface area contributed by atoms with Crippen molar-refractivity contribution in [2.24, 2.45) is 7.05 Å². The van der Waals surface area contributed by atoms with E-state index >= 15 is 0 Å². The van der Waals surface area contributed by atoms with E-state index in [0.29, 0.717) is 11.7 Å². The van der Waals surface area contributed by atoms with Crippen LogP contribution >= 0.6 is 12.2 Å². The van der Waals surface area contributed by atoms with Crippen molar-refractivity contribution < 1.29 is 9.53 Å². The number of rotatable bonds is 5. The molecule has 3 rings (SSSR count). The number of hydrogen-bond donors (Lipinski definition) is 1. The van der Waals surface area contributed by atoms with Crippen LogP contribution in [0.2, 0.25) is 0 Å². The Hall–Kier alpha value is -2.41. The third kappa shape index (κ3) is 3.37. The van der Waals surface area contributed by atoms with Crippen LogP contribution in [0.15, 0.2) is 36.5 Å². The average Bonchev–Trinajstić information content (AvgIpc) is 3.09. The van der Waals surface area contributed by atoms with E-state index in [0.717, 1.165) is 17.1 Å². The number of carbonyl (C=O) groups excluding carboxylic acids is 1. The Morgan fingerprint density at radius 3 is 2.76 bits per heavy atom. The summed E-state index contributed by atoms with van der Waals surface area (Å²) in [6, 6.07) is 9.68. The summed E-state index contributed by atoms with van der Waals surface area (Å²) in [5, 5.41) is 3.86. The summed E-state index contributed by atoms with van der Waals surface area (Å²) in [6.07, 6.45) is 1.77. The van der Waals surface area contributed by atoms with Crippen LogP contribution in [-0.2, 0) is 16.6 Å². The van der Waals surface area contributed by atoms with Gasteiger partial charge in [-0.05, 0) is 50.3 Å². The molecule has 1 aliphatic rings. The number of ether oxygens (including phenoxy) is 1. The molecule has 2 aromatic rings. The molecule has 0 saturated carbocycles. The van der Waals surface area contributed by atoms with Gasteiger partial charge < -0.3 is 19.5 Å². The van der Waals surface area contributed by atoms with Crippen molar-refractivity contribution in [1.82, 2.24) is 19.8 Å². The first-order chi connectivity index (χ1) is 12.0. The largest absolute Gasteiger partial charge is 0.465 e. The Kier molecular flexibility index (Phi) is 5.03. The SMILES string of the molecule is CCOC(=O)CN1C(=S)NC(c2ccccn2)C1c1ccc(C)n1C. The number of carbonyl (C=O) groups is 1. The zero-order chi connectivity index (χ0) is 18.0. The van der Waals surface area contributed by atoms with Crippen LogP contribution in [0.3, 0.4) is 0 Å². The molecule has 0 radical (unpaired) electrons. The second-order valence-corrected chi connectivity index (χ2v) is 6.40. The summed E-state index contributed by atoms with van der Waals surface area (Å²) < 4.78 is 7.24. The molecule has 1 fully saturated rings. The maximum Gasteiger partial charge on any atom is 0.325 e. The van der Waals surface area contributed by atoms with E-state index in [1.165, 1.54) is 0 Å². The van der Waals surface area contributed by atoms with Crippen LogP contribution in [0, 0.1) is 6.92 Å². The van der Waals surface area contributed by atoms with Crippen LogP contribution in [-0.4, -0.2) is 38.7 Å². The summed E-state index contributed by atoms with van der Waals surface area (Å²) >= 11 is 5.52. The smallest absolute Gasteiger partial charge is 0.325 e. The lowest BCUT2D eigenvalue weighted by atomic mass is 10.0. The molecule has 2 aromatic heterocycles. The van der Waals surface area contributed by atoms with Crippen molar-refractivity contribution in [2.75, 3.05) is 13.2 Å². The summed E-state index contributed by atoms with van der Waals surface area (Å²) in [5.74, 6) is -0.288. The van der Waals surface area contributed by atoms with Gasteiger partial charge >= 0.3 is 5.97 Å². The zero-order valence-corrected chi connectivity index (χ0v) is 15.4. The molecule has 0 amide bonds. The van der Waals surface area contributed by atoms with Crippen molar-refractivity contribution in [3.8, 4) is 0 Å². The highest BCUT2D eigenvalue weighted by atomic mass is 32.1. The highest BCUT2D eigenvalue weighted by molar-refractivity contribution is 7.80. The van der Waals surface area contributed by atoms with Crippen molar-refractivity contribution in [3.05, 3.63) is 53.6 Å². The van der Waals surface area contributed by atoms with Gasteiger partial charge in [-0.2, -0.15) is 0 Å². The molecule has 6 nitrogen and oxygen atoms in total. The van der Waals surface area contributed by atoms with Gasteiger partial charge in [0, 0.05) is 24.6 Å². The minimum atomic E-state index is -0.288. The summed E-state index contributed by atoms with van der Waals surface area (Å²) in [5.41, 5.74) is 3.11. The Bertz CT molecular complexity index is 775. The Morgan fingerprint density at radius 1 is 1.36 bits per heavy atom. The predicted molar refractivity (Wildman–Crippen MR) is 98.9 cm³/mol. The predicted octanol–water partition coefficient (Wildman–Crippen LogP) is 2.26. The first kappa shape index (κ1) is 17.4. The van der Waals surface area contributed by atoms with Crippen LogP contribution in [0.4, 0.5) is 0 Å². The first-order valence-corrected chi connectivity index (χ1v) is 8.69. The normalized spacial score (nSPS) is 19.8. The van der Waals surface area contributed by atoms with E-state index in [9.17, 15) is 4.79 Å². The second-order valence-electron chi connectivity index (χ2n) is 6.02. The molecule has 25 heavy (non-hydrogen) atoms. The van der Waals surface area contributed by atoms with E-state index in [4.69, 9.17) is 17.0 Å². The van der Waals surface area contributed by atoms with E-state index in [1.807, 2.05) is 30.1 Å². The van der Waals surface area contributed by atoms with Crippen LogP contribution in [0.5, 0.6) is 0 Å². The third-order valence-corrected chi connectivity index (χ3v) is 4.87. The zero-order valence-electron chi connectivity index (χ0n) is 14.6. The van der Waals surface area contributed by atoms with Crippen molar-refractivity contribution in [3.63, 3.8) is 0 Å². The second kappa shape index (κ2) is 7.23. The van der Waals surface area contributed by atoms with E-state index in [-0.39, 0.29) is 24.6 Å². The molecule has 7 heteroatoms. The molecule has 132 valence electrons. The van der Waals surface area contributed by atoms with Gasteiger partial charge in [-0.15, -0.1) is 0 Å². The van der Waals surface area contributed by atoms with Crippen LogP contribution < -0.4 is 5.32 Å². The number of aryl methyl sites for hydroxylation is 1. The summed E-state index contributed by atoms with van der Waals surface area (Å²) in [7, 11) is 2.02. The fourth-order valence-corrected chi connectivity index (χ4v) is 3.48. The molecular formula is C18H22N4O2S. The monoisotopic (exact) mass is 358 g/mol. The number of thiocarbonyl (C=S) groups is 1. The summed E-state index contributed by atoms with van der Waals surface area (Å²) in [4.78, 5) is 18.5. The molecule has 0 aliphatic carbocycles. The Balaban J connectivity index is 2.00. The van der Waals surface area contributed by atoms with Crippen molar-refractivity contribution in [2.45, 2.75) is 25.9 Å². The lowest BCUT2D eigenvalue weighted by Gasteiger charge is -2.27. The van der Waals surface area contributed by atoms with E-state index in [2.05, 4.69) is 33.9 Å². The highest BCUT2D eigenvalue weighted by Gasteiger charge is 2.42. The molecular weight excluding hydrogens is 336 g/mol. The molecule has 0 spiro atoms. The Labute approximate surface area is 152 Å². The molecule has 2 atom stereocenters. The topological polar surface area (TPSA) is 59.4 Å². The van der Waals surface area contributed by atoms with Crippen LogP contribution in [0.1, 0.15) is 36.1 Å². The number of aromatic nitrogens is 2. The fraction of sp³-hybridized carbons (Fsp3) is 0.389. The number of nitrogens with one attached hydrogen (secondary N) is 1. The van der Waals surface area contributed by atoms with Gasteiger partial charge in [0.1, 0.15) is 6.54 Å². The molecule has 1 saturated heterocycles. The maximum atomic E-state index is 12.1. The minimum Gasteiger partial charge on any atom is -0.465 e. The van der Waals surface area contributed by atoms with Gasteiger partial charge in [0.15, 0.2) is 5.11 Å². The molecule has 0 aromatic carbocycles. The first-order valence-electron chi connectivity index (χ1n) is 8.28. The molecule has 2 unspecified atom stereocenters. The van der Waals surface area contributed by atoms with Crippen molar-refractivity contribution in [1.29, 1.82) is 0 Å². The highest BCUT2D eigenvalue weighted by Crippen LogP contribution is 2.38. The van der Waals surface area contributed by atoms with Gasteiger partial charge in [-0.25, -0.2) is 0 Å². The molecule has 0 bridgehead atoms. The van der Waals surface area contributed by atoms with Gasteiger partial charge in [0.2, 0.25) is 0 Å². The minimum absolute atomic E-state index is 0.109. The molecule has 3 heterocycles. The third-order valence-electron chi connectivity index (χ3n) is 4.52. The number of pyridine rings is 1. The molecule has 1 N–H and O–H groups in total. The Morgan fingerprint density at radius 2 is 2.16 bits per heavy atom. The number of esters is 1. The molecule has 1 aliphatic heterocycles. The number of hydrogen-bond acceptors (Lipinski definition) is 4. The van der Waals surface area contributed by atoms with Crippen LogP contribution in [0.25, 0.3) is 0 Å². The van der Waals surface area contributed by atoms with Crippen molar-refractivity contribution >= 4 is 23.3 Å². The average molecular weight is 358 g/mol. The van der Waals surface area contributed by atoms with Gasteiger partial charge in [0.25, 0.3) is 0 Å². The lowest BCUT2D eigenvalue weighted by molar-refractivity contribution is -0.143. The van der Waals surface area contributed by atoms with Gasteiger partial charge in [-0.1, -0.05) is 6.07 Å². The van der Waals surface area contributed by atoms with E-state index < -0.39 is 0 Å².